The van der Waals surface area contributed by atoms with Gasteiger partial charge in [0.2, 0.25) is 0 Å². The standard InChI is InChI=1S/C22H28INO4/c1-22(2,3)28-21(25)24(12-13-26-4)15-18-10-11-20(19(23)14-18)27-16-17-8-6-5-7-9-17/h5-11,14H,12-13,15-16H2,1-4H3. The van der Waals surface area contributed by atoms with Gasteiger partial charge in [0.25, 0.3) is 0 Å². The third-order valence-corrected chi connectivity index (χ3v) is 4.67. The predicted octanol–water partition coefficient (Wildman–Crippen LogP) is 5.25. The van der Waals surface area contributed by atoms with Crippen LogP contribution in [0, 0.1) is 3.57 Å². The maximum Gasteiger partial charge on any atom is 0.410 e. The van der Waals surface area contributed by atoms with E-state index in [1.54, 1.807) is 12.0 Å². The quantitative estimate of drug-likeness (QED) is 0.468. The largest absolute Gasteiger partial charge is 0.488 e. The predicted molar refractivity (Wildman–Crippen MR) is 118 cm³/mol. The summed E-state index contributed by atoms with van der Waals surface area (Å²) in [6.07, 6.45) is -0.344. The summed E-state index contributed by atoms with van der Waals surface area (Å²) in [5.74, 6) is 0.828. The second kappa shape index (κ2) is 10.7. The van der Waals surface area contributed by atoms with Crippen LogP contribution < -0.4 is 4.74 Å². The molecule has 0 aliphatic rings. The van der Waals surface area contributed by atoms with Crippen LogP contribution in [0.4, 0.5) is 4.79 Å². The number of ether oxygens (including phenoxy) is 3. The van der Waals surface area contributed by atoms with Gasteiger partial charge in [-0.3, -0.25) is 0 Å². The lowest BCUT2D eigenvalue weighted by atomic mass is 10.2. The number of carbonyl (C=O) groups excluding carboxylic acids is 1. The van der Waals surface area contributed by atoms with Gasteiger partial charge < -0.3 is 19.1 Å². The summed E-state index contributed by atoms with van der Waals surface area (Å²) in [4.78, 5) is 14.2. The van der Waals surface area contributed by atoms with Gasteiger partial charge in [0.15, 0.2) is 0 Å². The normalized spacial score (nSPS) is 11.2. The van der Waals surface area contributed by atoms with E-state index in [9.17, 15) is 4.79 Å². The zero-order valence-electron chi connectivity index (χ0n) is 16.9. The summed E-state index contributed by atoms with van der Waals surface area (Å²) in [5, 5.41) is 0. The first-order chi connectivity index (χ1) is 13.3. The van der Waals surface area contributed by atoms with Gasteiger partial charge in [-0.05, 0) is 66.6 Å². The molecule has 0 unspecified atom stereocenters. The molecule has 0 spiro atoms. The van der Waals surface area contributed by atoms with Gasteiger partial charge >= 0.3 is 6.09 Å². The molecule has 0 bridgehead atoms. The van der Waals surface area contributed by atoms with Crippen LogP contribution in [0.3, 0.4) is 0 Å². The van der Waals surface area contributed by atoms with Crippen LogP contribution in [-0.2, 0) is 22.6 Å². The molecule has 0 radical (unpaired) electrons. The van der Waals surface area contributed by atoms with Crippen molar-refractivity contribution in [1.82, 2.24) is 4.90 Å². The lowest BCUT2D eigenvalue weighted by Gasteiger charge is -2.27. The summed E-state index contributed by atoms with van der Waals surface area (Å²) in [6.45, 7) is 7.48. The Morgan fingerprint density at radius 2 is 1.79 bits per heavy atom. The third-order valence-electron chi connectivity index (χ3n) is 3.82. The van der Waals surface area contributed by atoms with Crippen molar-refractivity contribution in [1.29, 1.82) is 0 Å². The Bertz CT molecular complexity index is 759. The molecule has 0 fully saturated rings. The molecule has 1 amide bonds. The minimum absolute atomic E-state index is 0.344. The number of benzene rings is 2. The van der Waals surface area contributed by atoms with E-state index in [1.165, 1.54) is 0 Å². The number of hydrogen-bond acceptors (Lipinski definition) is 4. The number of methoxy groups -OCH3 is 1. The number of rotatable bonds is 8. The lowest BCUT2D eigenvalue weighted by molar-refractivity contribution is 0.0184. The van der Waals surface area contributed by atoms with Crippen molar-refractivity contribution in [2.24, 2.45) is 0 Å². The highest BCUT2D eigenvalue weighted by molar-refractivity contribution is 14.1. The highest BCUT2D eigenvalue weighted by atomic mass is 127. The molecule has 152 valence electrons. The van der Waals surface area contributed by atoms with Crippen molar-refractivity contribution in [3.8, 4) is 5.75 Å². The molecule has 6 heteroatoms. The van der Waals surface area contributed by atoms with Gasteiger partial charge in [-0.25, -0.2) is 4.79 Å². The van der Waals surface area contributed by atoms with E-state index in [2.05, 4.69) is 22.6 Å². The van der Waals surface area contributed by atoms with Crippen LogP contribution in [0.2, 0.25) is 0 Å². The van der Waals surface area contributed by atoms with E-state index in [-0.39, 0.29) is 6.09 Å². The van der Waals surface area contributed by atoms with Gasteiger partial charge in [-0.15, -0.1) is 0 Å². The SMILES string of the molecule is COCCN(Cc1ccc(OCc2ccccc2)c(I)c1)C(=O)OC(C)(C)C. The summed E-state index contributed by atoms with van der Waals surface area (Å²) < 4.78 is 17.6. The average molecular weight is 497 g/mol. The molecule has 28 heavy (non-hydrogen) atoms. The van der Waals surface area contributed by atoms with Crippen molar-refractivity contribution in [3.05, 3.63) is 63.2 Å². The summed E-state index contributed by atoms with van der Waals surface area (Å²) in [6, 6.07) is 16.0. The van der Waals surface area contributed by atoms with Crippen molar-refractivity contribution < 1.29 is 19.0 Å². The average Bonchev–Trinajstić information content (AvgIpc) is 2.63. The van der Waals surface area contributed by atoms with E-state index >= 15 is 0 Å². The van der Waals surface area contributed by atoms with E-state index < -0.39 is 5.60 Å². The molecule has 0 saturated carbocycles. The minimum Gasteiger partial charge on any atom is -0.488 e. The molecule has 0 saturated heterocycles. The fraction of sp³-hybridized carbons (Fsp3) is 0.409. The van der Waals surface area contributed by atoms with E-state index in [4.69, 9.17) is 14.2 Å². The van der Waals surface area contributed by atoms with Crippen molar-refractivity contribution in [2.75, 3.05) is 20.3 Å². The molecule has 2 rings (SSSR count). The molecule has 5 nitrogen and oxygen atoms in total. The fourth-order valence-corrected chi connectivity index (χ4v) is 3.21. The van der Waals surface area contributed by atoms with Gasteiger partial charge in [-0.2, -0.15) is 0 Å². The molecule has 0 aliphatic carbocycles. The first-order valence-electron chi connectivity index (χ1n) is 9.20. The van der Waals surface area contributed by atoms with E-state index in [0.717, 1.165) is 20.4 Å². The molecule has 0 aliphatic heterocycles. The topological polar surface area (TPSA) is 48.0 Å². The summed E-state index contributed by atoms with van der Waals surface area (Å²) in [5.41, 5.74) is 1.60. The maximum absolute atomic E-state index is 12.5. The van der Waals surface area contributed by atoms with Crippen LogP contribution in [0.5, 0.6) is 5.75 Å². The molecule has 0 aromatic heterocycles. The Morgan fingerprint density at radius 3 is 2.39 bits per heavy atom. The first kappa shape index (κ1) is 22.5. The van der Waals surface area contributed by atoms with E-state index in [0.29, 0.717) is 26.3 Å². The van der Waals surface area contributed by atoms with Gasteiger partial charge in [-0.1, -0.05) is 36.4 Å². The molecule has 0 atom stereocenters. The highest BCUT2D eigenvalue weighted by Gasteiger charge is 2.22. The third kappa shape index (κ3) is 7.67. The molecule has 0 heterocycles. The highest BCUT2D eigenvalue weighted by Crippen LogP contribution is 2.24. The fourth-order valence-electron chi connectivity index (χ4n) is 2.48. The van der Waals surface area contributed by atoms with E-state index in [1.807, 2.05) is 69.3 Å². The van der Waals surface area contributed by atoms with Crippen molar-refractivity contribution >= 4 is 28.7 Å². The number of halogens is 1. The zero-order chi connectivity index (χ0) is 20.6. The van der Waals surface area contributed by atoms with Crippen LogP contribution in [-0.4, -0.2) is 36.9 Å². The van der Waals surface area contributed by atoms with Gasteiger partial charge in [0.1, 0.15) is 18.0 Å². The Morgan fingerprint density at radius 1 is 1.07 bits per heavy atom. The Balaban J connectivity index is 2.03. The van der Waals surface area contributed by atoms with Gasteiger partial charge in [0.05, 0.1) is 10.2 Å². The smallest absolute Gasteiger partial charge is 0.410 e. The van der Waals surface area contributed by atoms with Crippen LogP contribution >= 0.6 is 22.6 Å². The number of nitrogens with zero attached hydrogens (tertiary/aromatic N) is 1. The minimum atomic E-state index is -0.536. The van der Waals surface area contributed by atoms with Gasteiger partial charge in [0, 0.05) is 20.2 Å². The number of carbonyl (C=O) groups is 1. The number of amides is 1. The van der Waals surface area contributed by atoms with Crippen LogP contribution in [0.25, 0.3) is 0 Å². The van der Waals surface area contributed by atoms with Crippen LogP contribution in [0.1, 0.15) is 31.9 Å². The lowest BCUT2D eigenvalue weighted by Crippen LogP contribution is -2.38. The Labute approximate surface area is 181 Å². The van der Waals surface area contributed by atoms with Crippen molar-refractivity contribution in [3.63, 3.8) is 0 Å². The zero-order valence-corrected chi connectivity index (χ0v) is 19.1. The van der Waals surface area contributed by atoms with Crippen molar-refractivity contribution in [2.45, 2.75) is 39.5 Å². The molecule has 2 aromatic rings. The Kier molecular flexibility index (Phi) is 8.57. The Hall–Kier alpha value is -1.80. The first-order valence-corrected chi connectivity index (χ1v) is 10.3. The maximum atomic E-state index is 12.5. The monoisotopic (exact) mass is 497 g/mol. The molecule has 2 aromatic carbocycles. The number of hydrogen-bond donors (Lipinski definition) is 0. The summed E-state index contributed by atoms with van der Waals surface area (Å²) in [7, 11) is 1.62. The molecular formula is C22H28INO4. The molecular weight excluding hydrogens is 469 g/mol. The second-order valence-electron chi connectivity index (χ2n) is 7.43. The second-order valence-corrected chi connectivity index (χ2v) is 8.60. The van der Waals surface area contributed by atoms with Crippen LogP contribution in [0.15, 0.2) is 48.5 Å². The summed E-state index contributed by atoms with van der Waals surface area (Å²) >= 11 is 2.26. The molecule has 0 N–H and O–H groups in total.